The molecule has 24 nitrogen and oxygen atoms in total. The van der Waals surface area contributed by atoms with Crippen LogP contribution in [0, 0.1) is 41.4 Å². The molecule has 1 saturated heterocycles. The monoisotopic (exact) mass is 1220 g/mol. The molecule has 492 valence electrons. The van der Waals surface area contributed by atoms with E-state index in [1.807, 2.05) is 90.0 Å². The summed E-state index contributed by atoms with van der Waals surface area (Å²) in [4.78, 5) is 181. The van der Waals surface area contributed by atoms with E-state index in [9.17, 15) is 57.5 Å². The Morgan fingerprint density at radius 1 is 0.442 bits per heavy atom. The number of primary amides is 1. The van der Waals surface area contributed by atoms with Crippen LogP contribution in [-0.2, 0) is 57.5 Å². The maximum absolute atomic E-state index is 15.0. The van der Waals surface area contributed by atoms with Crippen molar-refractivity contribution in [2.24, 2.45) is 47.2 Å². The number of nitrogens with zero attached hydrogens (tertiary/aromatic N) is 7. The molecule has 0 saturated carbocycles. The standard InChI is InChI=1S/C62H112N12O12/c1-23-24-44-59(83)68(17)33-51(76)69(18)45(27-35(2)3)57(81)67-53(41(14)15)62(86)72(21)47(29-37(6)7)55(79)65-43(25-26-50(63)75)54(78)64-42(16)58(82)73(22)49(31-39(10)11)61(85)74(32-40(12)13)34-52(77)70(19)48(30-38(8)9)60(84)71(20)46(28-36(4)5)56(80)66-44/h35-49,53H,23-34H2,1-22H3,(H2,63,75)(H,64,78)(H,65,79)(H,66,80)(H,67,81)/t42-,43-,44+,45+,46+,47+,48+,49+,53+/m1/s1. The minimum atomic E-state index is -1.45. The van der Waals surface area contributed by atoms with Gasteiger partial charge < -0.3 is 61.3 Å². The molecule has 1 aliphatic heterocycles. The number of hydrogen-bond acceptors (Lipinski definition) is 12. The van der Waals surface area contributed by atoms with Crippen molar-refractivity contribution in [3.05, 3.63) is 0 Å². The van der Waals surface area contributed by atoms with Crippen LogP contribution in [0.4, 0.5) is 0 Å². The number of hydrogen-bond donors (Lipinski definition) is 5. The molecule has 0 aromatic rings. The Hall–Kier alpha value is -6.36. The van der Waals surface area contributed by atoms with Gasteiger partial charge in [-0.1, -0.05) is 110 Å². The van der Waals surface area contributed by atoms with Crippen molar-refractivity contribution >= 4 is 70.9 Å². The predicted octanol–water partition coefficient (Wildman–Crippen LogP) is 2.99. The Labute approximate surface area is 514 Å². The lowest BCUT2D eigenvalue weighted by Crippen LogP contribution is -2.61. The largest absolute Gasteiger partial charge is 0.370 e. The molecule has 1 rings (SSSR count). The van der Waals surface area contributed by atoms with Gasteiger partial charge in [-0.3, -0.25) is 57.5 Å². The number of rotatable bonds is 18. The molecular formula is C62H112N12O12. The first-order valence-corrected chi connectivity index (χ1v) is 31.0. The third kappa shape index (κ3) is 24.1. The third-order valence-corrected chi connectivity index (χ3v) is 15.6. The molecule has 9 atom stereocenters. The molecule has 0 bridgehead atoms. The van der Waals surface area contributed by atoms with Crippen molar-refractivity contribution in [1.82, 2.24) is 55.6 Å². The number of amides is 12. The number of carbonyl (C=O) groups excluding carboxylic acids is 12. The smallest absolute Gasteiger partial charge is 0.245 e. The van der Waals surface area contributed by atoms with Crippen LogP contribution in [0.2, 0.25) is 0 Å². The molecule has 6 N–H and O–H groups in total. The molecule has 12 amide bonds. The summed E-state index contributed by atoms with van der Waals surface area (Å²) in [6, 6.07) is -10.9. The van der Waals surface area contributed by atoms with Crippen molar-refractivity contribution in [3.8, 4) is 0 Å². The van der Waals surface area contributed by atoms with Crippen LogP contribution in [0.3, 0.4) is 0 Å². The molecule has 0 spiro atoms. The first-order chi connectivity index (χ1) is 39.7. The highest BCUT2D eigenvalue weighted by Crippen LogP contribution is 2.23. The van der Waals surface area contributed by atoms with Crippen LogP contribution in [-0.4, -0.2) is 221 Å². The van der Waals surface area contributed by atoms with Gasteiger partial charge in [0.15, 0.2) is 0 Å². The van der Waals surface area contributed by atoms with Crippen LogP contribution in [0.15, 0.2) is 0 Å². The zero-order chi connectivity index (χ0) is 66.5. The van der Waals surface area contributed by atoms with Crippen LogP contribution in [0.5, 0.6) is 0 Å². The van der Waals surface area contributed by atoms with Gasteiger partial charge in [-0.25, -0.2) is 0 Å². The van der Waals surface area contributed by atoms with Gasteiger partial charge in [0.1, 0.15) is 54.4 Å². The van der Waals surface area contributed by atoms with E-state index in [1.54, 1.807) is 13.8 Å². The van der Waals surface area contributed by atoms with Crippen molar-refractivity contribution in [1.29, 1.82) is 0 Å². The second-order valence-corrected chi connectivity index (χ2v) is 26.8. The number of nitrogens with two attached hydrogens (primary N) is 1. The van der Waals surface area contributed by atoms with Gasteiger partial charge in [0.2, 0.25) is 70.9 Å². The van der Waals surface area contributed by atoms with Crippen molar-refractivity contribution in [2.75, 3.05) is 61.9 Å². The Morgan fingerprint density at radius 3 is 1.26 bits per heavy atom. The van der Waals surface area contributed by atoms with Crippen molar-refractivity contribution in [3.63, 3.8) is 0 Å². The Morgan fingerprint density at radius 2 is 0.826 bits per heavy atom. The minimum Gasteiger partial charge on any atom is -0.370 e. The fourth-order valence-electron chi connectivity index (χ4n) is 10.6. The van der Waals surface area contributed by atoms with E-state index >= 15 is 0 Å². The van der Waals surface area contributed by atoms with Crippen LogP contribution in [0.25, 0.3) is 0 Å². The van der Waals surface area contributed by atoms with Gasteiger partial charge in [0.25, 0.3) is 0 Å². The average Bonchev–Trinajstić information content (AvgIpc) is 1.85. The molecule has 0 radical (unpaired) electrons. The molecule has 1 fully saturated rings. The number of nitrogens with one attached hydrogen (secondary N) is 4. The van der Waals surface area contributed by atoms with E-state index in [1.165, 1.54) is 83.5 Å². The summed E-state index contributed by atoms with van der Waals surface area (Å²) >= 11 is 0. The highest BCUT2D eigenvalue weighted by atomic mass is 16.2. The number of likely N-dealkylation sites (N-methyl/N-ethyl adjacent to an activating group) is 6. The number of carbonyl (C=O) groups is 12. The summed E-state index contributed by atoms with van der Waals surface area (Å²) in [5.74, 6) is -9.42. The van der Waals surface area contributed by atoms with Gasteiger partial charge in [-0.15, -0.1) is 0 Å². The van der Waals surface area contributed by atoms with Gasteiger partial charge in [-0.2, -0.15) is 0 Å². The third-order valence-electron chi connectivity index (χ3n) is 15.6. The van der Waals surface area contributed by atoms with E-state index in [0.29, 0.717) is 6.42 Å². The molecule has 0 aromatic heterocycles. The SMILES string of the molecule is CCC[C@@H]1NC(=O)[C@H](CC(C)C)N(C)C(=O)[C@H](CC(C)C)N(C)C(=O)CN(CC(C)C)C(=O)[C@H](CC(C)C)N(C)C(=O)[C@@H](C)NC(=O)[C@@H](CCC(N)=O)NC(=O)[C@H](CC(C)C)N(C)C(=O)[C@H](C(C)C)NC(=O)[C@H](CC(C)C)N(C)C(=O)CN(C)C1=O. The quantitative estimate of drug-likeness (QED) is 0.132. The Balaban J connectivity index is 4.33. The summed E-state index contributed by atoms with van der Waals surface area (Å²) in [5.41, 5.74) is 5.55. The summed E-state index contributed by atoms with van der Waals surface area (Å²) in [5, 5.41) is 11.1. The van der Waals surface area contributed by atoms with Crippen LogP contribution in [0.1, 0.15) is 169 Å². The predicted molar refractivity (Wildman–Crippen MR) is 331 cm³/mol. The molecule has 86 heavy (non-hydrogen) atoms. The van der Waals surface area contributed by atoms with Gasteiger partial charge in [0.05, 0.1) is 13.1 Å². The van der Waals surface area contributed by atoms with Crippen molar-refractivity contribution < 1.29 is 57.5 Å². The van der Waals surface area contributed by atoms with Gasteiger partial charge in [-0.05, 0) is 93.3 Å². The summed E-state index contributed by atoms with van der Waals surface area (Å²) < 4.78 is 0. The van der Waals surface area contributed by atoms with E-state index < -0.39 is 144 Å². The first-order valence-electron chi connectivity index (χ1n) is 31.0. The molecule has 0 aliphatic carbocycles. The van der Waals surface area contributed by atoms with E-state index in [4.69, 9.17) is 5.73 Å². The average molecular weight is 1220 g/mol. The fourth-order valence-corrected chi connectivity index (χ4v) is 10.6. The summed E-state index contributed by atoms with van der Waals surface area (Å²) in [6.07, 6.45) is 0.730. The first kappa shape index (κ1) is 77.7. The van der Waals surface area contributed by atoms with E-state index in [-0.39, 0.29) is 93.4 Å². The lowest BCUT2D eigenvalue weighted by molar-refractivity contribution is -0.152. The second-order valence-electron chi connectivity index (χ2n) is 26.8. The molecular weight excluding hydrogens is 1100 g/mol. The topological polar surface area (TPSA) is 302 Å². The minimum absolute atomic E-state index is 0.0869. The maximum Gasteiger partial charge on any atom is 0.245 e. The van der Waals surface area contributed by atoms with Crippen LogP contribution >= 0.6 is 0 Å². The van der Waals surface area contributed by atoms with Crippen LogP contribution < -0.4 is 27.0 Å². The molecule has 1 heterocycles. The highest BCUT2D eigenvalue weighted by Gasteiger charge is 2.42. The fraction of sp³-hybridized carbons (Fsp3) is 0.806. The Bertz CT molecular complexity index is 2330. The van der Waals surface area contributed by atoms with E-state index in [0.717, 1.165) is 0 Å². The molecule has 24 heteroatoms. The van der Waals surface area contributed by atoms with E-state index in [2.05, 4.69) is 21.3 Å². The molecule has 0 aromatic carbocycles. The molecule has 1 aliphatic rings. The highest BCUT2D eigenvalue weighted by molar-refractivity contribution is 5.99. The summed E-state index contributed by atoms with van der Waals surface area (Å²) in [6.45, 7) is 28.2. The van der Waals surface area contributed by atoms with Gasteiger partial charge in [0, 0.05) is 55.3 Å². The Kier molecular flexibility index (Phi) is 32.6. The normalized spacial score (nSPS) is 25.0. The van der Waals surface area contributed by atoms with Crippen molar-refractivity contribution in [2.45, 2.75) is 223 Å². The maximum atomic E-state index is 15.0. The lowest BCUT2D eigenvalue weighted by Gasteiger charge is -2.38. The zero-order valence-corrected chi connectivity index (χ0v) is 56.3. The summed E-state index contributed by atoms with van der Waals surface area (Å²) in [7, 11) is 8.62. The lowest BCUT2D eigenvalue weighted by atomic mass is 9.96. The van der Waals surface area contributed by atoms with Gasteiger partial charge >= 0.3 is 0 Å². The second kappa shape index (κ2) is 36.1. The molecule has 0 unspecified atom stereocenters. The zero-order valence-electron chi connectivity index (χ0n) is 56.3.